The zero-order valence-corrected chi connectivity index (χ0v) is 11.1. The van der Waals surface area contributed by atoms with E-state index in [9.17, 15) is 0 Å². The molecule has 1 heteroatoms. The van der Waals surface area contributed by atoms with Gasteiger partial charge in [-0.1, -0.05) is 46.5 Å². The predicted molar refractivity (Wildman–Crippen MR) is 68.1 cm³/mol. The smallest absolute Gasteiger partial charge is 0.00974 e. The molecule has 0 heterocycles. The molecule has 1 N–H and O–H groups in total. The van der Waals surface area contributed by atoms with Crippen molar-refractivity contribution in [2.45, 2.75) is 71.8 Å². The highest BCUT2D eigenvalue weighted by molar-refractivity contribution is 4.91. The van der Waals surface area contributed by atoms with Crippen molar-refractivity contribution in [3.05, 3.63) is 0 Å². The summed E-state index contributed by atoms with van der Waals surface area (Å²) in [5.41, 5.74) is 0.569. The molecule has 15 heavy (non-hydrogen) atoms. The van der Waals surface area contributed by atoms with Crippen LogP contribution < -0.4 is 5.32 Å². The van der Waals surface area contributed by atoms with Crippen LogP contribution in [0.5, 0.6) is 0 Å². The summed E-state index contributed by atoms with van der Waals surface area (Å²) in [4.78, 5) is 0. The van der Waals surface area contributed by atoms with Gasteiger partial charge < -0.3 is 5.32 Å². The summed E-state index contributed by atoms with van der Waals surface area (Å²) in [5, 5.41) is 3.56. The molecule has 1 aliphatic rings. The first kappa shape index (κ1) is 13.0. The molecule has 0 bridgehead atoms. The molecule has 0 radical (unpaired) electrons. The zero-order chi connectivity index (χ0) is 11.3. The van der Waals surface area contributed by atoms with Gasteiger partial charge in [0.1, 0.15) is 0 Å². The highest BCUT2D eigenvalue weighted by Gasteiger charge is 2.38. The highest BCUT2D eigenvalue weighted by Crippen LogP contribution is 2.45. The van der Waals surface area contributed by atoms with Crippen molar-refractivity contribution in [3.63, 3.8) is 0 Å². The molecule has 0 amide bonds. The Morgan fingerprint density at radius 2 is 2.07 bits per heavy atom. The van der Waals surface area contributed by atoms with Crippen molar-refractivity contribution in [2.24, 2.45) is 11.3 Å². The van der Waals surface area contributed by atoms with Gasteiger partial charge in [0.2, 0.25) is 0 Å². The minimum atomic E-state index is 0.569. The summed E-state index contributed by atoms with van der Waals surface area (Å²) in [6, 6.07) is 0.758. The molecule has 1 aliphatic carbocycles. The second-order valence-electron chi connectivity index (χ2n) is 5.88. The average molecular weight is 211 g/mol. The first-order chi connectivity index (χ1) is 7.11. The van der Waals surface area contributed by atoms with Gasteiger partial charge in [0.05, 0.1) is 0 Å². The van der Waals surface area contributed by atoms with E-state index in [2.05, 4.69) is 33.1 Å². The molecule has 0 spiro atoms. The molecule has 1 rings (SSSR count). The fourth-order valence-corrected chi connectivity index (χ4v) is 3.26. The molecule has 0 aromatic heterocycles. The predicted octanol–water partition coefficient (Wildman–Crippen LogP) is 3.98. The molecule has 2 unspecified atom stereocenters. The quantitative estimate of drug-likeness (QED) is 0.655. The van der Waals surface area contributed by atoms with Crippen LogP contribution in [0.1, 0.15) is 65.7 Å². The second kappa shape index (κ2) is 5.89. The van der Waals surface area contributed by atoms with E-state index in [0.29, 0.717) is 5.41 Å². The number of hydrogen-bond donors (Lipinski definition) is 1. The van der Waals surface area contributed by atoms with Crippen LogP contribution in [-0.4, -0.2) is 13.1 Å². The van der Waals surface area contributed by atoms with Crippen molar-refractivity contribution < 1.29 is 0 Å². The van der Waals surface area contributed by atoms with Crippen LogP contribution in [0, 0.1) is 11.3 Å². The van der Waals surface area contributed by atoms with Crippen LogP contribution in [0.4, 0.5) is 0 Å². The monoisotopic (exact) mass is 211 g/mol. The Morgan fingerprint density at radius 1 is 1.33 bits per heavy atom. The average Bonchev–Trinajstić information content (AvgIpc) is 2.53. The minimum Gasteiger partial charge on any atom is -0.317 e. The lowest BCUT2D eigenvalue weighted by Crippen LogP contribution is -2.38. The van der Waals surface area contributed by atoms with Gasteiger partial charge in [0.15, 0.2) is 0 Å². The first-order valence-electron chi connectivity index (χ1n) is 6.79. The Bertz CT molecular complexity index is 174. The van der Waals surface area contributed by atoms with Crippen LogP contribution in [0.15, 0.2) is 0 Å². The third-order valence-electron chi connectivity index (χ3n) is 4.32. The summed E-state index contributed by atoms with van der Waals surface area (Å²) in [5.74, 6) is 0.902. The largest absolute Gasteiger partial charge is 0.317 e. The van der Waals surface area contributed by atoms with Gasteiger partial charge in [-0.3, -0.25) is 0 Å². The van der Waals surface area contributed by atoms with Crippen LogP contribution in [0.2, 0.25) is 0 Å². The van der Waals surface area contributed by atoms with E-state index in [4.69, 9.17) is 0 Å². The molecule has 0 aromatic carbocycles. The van der Waals surface area contributed by atoms with Gasteiger partial charge in [0, 0.05) is 6.04 Å². The van der Waals surface area contributed by atoms with E-state index >= 15 is 0 Å². The van der Waals surface area contributed by atoms with Crippen LogP contribution in [-0.2, 0) is 0 Å². The van der Waals surface area contributed by atoms with Crippen LogP contribution >= 0.6 is 0 Å². The van der Waals surface area contributed by atoms with E-state index in [1.807, 2.05) is 0 Å². The molecular formula is C14H29N. The molecule has 0 aliphatic heterocycles. The Balaban J connectivity index is 2.43. The summed E-state index contributed by atoms with van der Waals surface area (Å²) < 4.78 is 0. The Kier molecular flexibility index (Phi) is 5.11. The van der Waals surface area contributed by atoms with Crippen molar-refractivity contribution in [3.8, 4) is 0 Å². The normalized spacial score (nSPS) is 26.8. The lowest BCUT2D eigenvalue weighted by Gasteiger charge is -2.34. The van der Waals surface area contributed by atoms with Crippen molar-refractivity contribution in [2.75, 3.05) is 7.05 Å². The number of unbranched alkanes of at least 4 members (excludes halogenated alkanes) is 2. The number of rotatable bonds is 6. The van der Waals surface area contributed by atoms with Crippen molar-refractivity contribution >= 4 is 0 Å². The highest BCUT2D eigenvalue weighted by atomic mass is 14.9. The zero-order valence-electron chi connectivity index (χ0n) is 11.1. The third-order valence-corrected chi connectivity index (χ3v) is 4.32. The summed E-state index contributed by atoms with van der Waals surface area (Å²) in [6.45, 7) is 7.19. The summed E-state index contributed by atoms with van der Waals surface area (Å²) >= 11 is 0. The van der Waals surface area contributed by atoms with Gasteiger partial charge in [0.25, 0.3) is 0 Å². The van der Waals surface area contributed by atoms with Gasteiger partial charge in [-0.25, -0.2) is 0 Å². The lowest BCUT2D eigenvalue weighted by molar-refractivity contribution is 0.193. The molecule has 90 valence electrons. The molecule has 1 saturated carbocycles. The van der Waals surface area contributed by atoms with E-state index in [1.165, 1.54) is 44.9 Å². The summed E-state index contributed by atoms with van der Waals surface area (Å²) in [7, 11) is 2.14. The topological polar surface area (TPSA) is 12.0 Å². The van der Waals surface area contributed by atoms with Gasteiger partial charge >= 0.3 is 0 Å². The standard InChI is InChI=1S/C14H29N/c1-5-6-7-10-13(15-4)12-9-8-11-14(12,2)3/h12-13,15H,5-11H2,1-4H3. The fraction of sp³-hybridized carbons (Fsp3) is 1.00. The van der Waals surface area contributed by atoms with Gasteiger partial charge in [-0.15, -0.1) is 0 Å². The van der Waals surface area contributed by atoms with Gasteiger partial charge in [-0.2, -0.15) is 0 Å². The Hall–Kier alpha value is -0.0400. The van der Waals surface area contributed by atoms with Crippen LogP contribution in [0.25, 0.3) is 0 Å². The van der Waals surface area contributed by atoms with Gasteiger partial charge in [-0.05, 0) is 37.6 Å². The SMILES string of the molecule is CCCCCC(NC)C1CCCC1(C)C. The number of hydrogen-bond acceptors (Lipinski definition) is 1. The lowest BCUT2D eigenvalue weighted by atomic mass is 9.76. The van der Waals surface area contributed by atoms with E-state index in [1.54, 1.807) is 0 Å². The van der Waals surface area contributed by atoms with E-state index in [0.717, 1.165) is 12.0 Å². The van der Waals surface area contributed by atoms with E-state index < -0.39 is 0 Å². The maximum absolute atomic E-state index is 3.56. The molecule has 0 saturated heterocycles. The molecule has 0 aromatic rings. The second-order valence-corrected chi connectivity index (χ2v) is 5.88. The Morgan fingerprint density at radius 3 is 2.53 bits per heavy atom. The molecule has 1 nitrogen and oxygen atoms in total. The van der Waals surface area contributed by atoms with Crippen molar-refractivity contribution in [1.29, 1.82) is 0 Å². The maximum atomic E-state index is 3.56. The molecule has 2 atom stereocenters. The third kappa shape index (κ3) is 3.48. The first-order valence-corrected chi connectivity index (χ1v) is 6.79. The minimum absolute atomic E-state index is 0.569. The number of nitrogens with one attached hydrogen (secondary N) is 1. The van der Waals surface area contributed by atoms with E-state index in [-0.39, 0.29) is 0 Å². The van der Waals surface area contributed by atoms with Crippen molar-refractivity contribution in [1.82, 2.24) is 5.32 Å². The molecular weight excluding hydrogens is 182 g/mol. The molecule has 1 fully saturated rings. The Labute approximate surface area is 96.0 Å². The van der Waals surface area contributed by atoms with Crippen LogP contribution in [0.3, 0.4) is 0 Å². The maximum Gasteiger partial charge on any atom is 0.00974 e. The summed E-state index contributed by atoms with van der Waals surface area (Å²) in [6.07, 6.45) is 9.79. The fourth-order valence-electron chi connectivity index (χ4n) is 3.26.